The zero-order valence-corrected chi connectivity index (χ0v) is 18.8. The number of benzene rings is 3. The molecule has 0 bridgehead atoms. The van der Waals surface area contributed by atoms with Crippen molar-refractivity contribution >= 4 is 17.5 Å². The third-order valence-electron chi connectivity index (χ3n) is 5.46. The molecule has 0 spiro atoms. The van der Waals surface area contributed by atoms with Crippen LogP contribution in [-0.2, 0) is 13.0 Å². The number of methoxy groups -OCH3 is 1. The predicted octanol–water partition coefficient (Wildman–Crippen LogP) is 5.60. The van der Waals surface area contributed by atoms with E-state index in [1.54, 1.807) is 7.11 Å². The summed E-state index contributed by atoms with van der Waals surface area (Å²) in [6.45, 7) is 8.11. The van der Waals surface area contributed by atoms with Crippen LogP contribution in [0.3, 0.4) is 0 Å². The molecule has 0 aliphatic rings. The average Bonchev–Trinajstić information content (AvgIpc) is 2.78. The van der Waals surface area contributed by atoms with Crippen LogP contribution in [0, 0.1) is 6.92 Å². The summed E-state index contributed by atoms with van der Waals surface area (Å²) in [5.41, 5.74) is 5.00. The van der Waals surface area contributed by atoms with Crippen LogP contribution in [0.5, 0.6) is 11.5 Å². The zero-order valence-electron chi connectivity index (χ0n) is 18.8. The Kier molecular flexibility index (Phi) is 7.18. The molecule has 0 aliphatic heterocycles. The van der Waals surface area contributed by atoms with Crippen molar-refractivity contribution in [2.45, 2.75) is 26.9 Å². The van der Waals surface area contributed by atoms with Crippen molar-refractivity contribution in [2.75, 3.05) is 7.11 Å². The number of hydrogen-bond donors (Lipinski definition) is 2. The van der Waals surface area contributed by atoms with Crippen LogP contribution in [0.4, 0.5) is 0 Å². The van der Waals surface area contributed by atoms with Crippen LogP contribution in [0.15, 0.2) is 61.2 Å². The second-order valence-electron chi connectivity index (χ2n) is 7.81. The summed E-state index contributed by atoms with van der Waals surface area (Å²) in [5.74, 6) is -0.994. The maximum absolute atomic E-state index is 11.8. The minimum Gasteiger partial charge on any atom is -0.496 e. The minimum absolute atomic E-state index is 0.0455. The predicted molar refractivity (Wildman–Crippen MR) is 126 cm³/mol. The van der Waals surface area contributed by atoms with E-state index < -0.39 is 11.9 Å². The fourth-order valence-electron chi connectivity index (χ4n) is 3.63. The molecule has 2 N–H and O–H groups in total. The van der Waals surface area contributed by atoms with E-state index in [1.807, 2.05) is 50.2 Å². The number of carbonyl (C=O) groups is 2. The lowest BCUT2D eigenvalue weighted by Crippen LogP contribution is -2.09. The molecule has 6 heteroatoms. The standard InChI is InChI=1S/C27H26O6/c1-16(2)18-10-11-24(17(3)12-18)33-15-23-19(6-5-7-25(23)32-4)13-20-8-9-21(26(28)29)14-22(20)27(30)31/h5-12,14H,1,13,15H2,2-4H3,(H,28,29)(H,30,31). The van der Waals surface area contributed by atoms with Crippen molar-refractivity contribution in [3.05, 3.63) is 100 Å². The molecule has 3 aromatic carbocycles. The molecule has 0 heterocycles. The van der Waals surface area contributed by atoms with Crippen LogP contribution >= 0.6 is 0 Å². The van der Waals surface area contributed by atoms with Crippen LogP contribution in [0.25, 0.3) is 5.57 Å². The number of hydrogen-bond acceptors (Lipinski definition) is 4. The summed E-state index contributed by atoms with van der Waals surface area (Å²) >= 11 is 0. The second kappa shape index (κ2) is 10.0. The highest BCUT2D eigenvalue weighted by molar-refractivity contribution is 5.95. The Hall–Kier alpha value is -4.06. The van der Waals surface area contributed by atoms with Crippen molar-refractivity contribution < 1.29 is 29.3 Å². The van der Waals surface area contributed by atoms with Gasteiger partial charge in [0, 0.05) is 5.56 Å². The Morgan fingerprint density at radius 1 is 0.909 bits per heavy atom. The summed E-state index contributed by atoms with van der Waals surface area (Å²) in [6, 6.07) is 15.5. The Bertz CT molecular complexity index is 1230. The van der Waals surface area contributed by atoms with E-state index in [2.05, 4.69) is 6.58 Å². The first-order valence-corrected chi connectivity index (χ1v) is 10.3. The molecule has 0 atom stereocenters. The van der Waals surface area contributed by atoms with E-state index >= 15 is 0 Å². The number of aromatic carboxylic acids is 2. The van der Waals surface area contributed by atoms with Crippen LogP contribution in [0.1, 0.15) is 55.5 Å². The molecule has 170 valence electrons. The molecule has 33 heavy (non-hydrogen) atoms. The van der Waals surface area contributed by atoms with Gasteiger partial charge in [-0.2, -0.15) is 0 Å². The Labute approximate surface area is 192 Å². The highest BCUT2D eigenvalue weighted by Crippen LogP contribution is 2.29. The van der Waals surface area contributed by atoms with E-state index in [-0.39, 0.29) is 24.2 Å². The molecule has 0 unspecified atom stereocenters. The van der Waals surface area contributed by atoms with Gasteiger partial charge in [-0.25, -0.2) is 9.59 Å². The van der Waals surface area contributed by atoms with Gasteiger partial charge in [-0.05, 0) is 72.9 Å². The second-order valence-corrected chi connectivity index (χ2v) is 7.81. The molecule has 3 aromatic rings. The van der Waals surface area contributed by atoms with Gasteiger partial charge >= 0.3 is 11.9 Å². The molecule has 6 nitrogen and oxygen atoms in total. The Morgan fingerprint density at radius 2 is 1.64 bits per heavy atom. The monoisotopic (exact) mass is 446 g/mol. The van der Waals surface area contributed by atoms with Crippen LogP contribution in [0.2, 0.25) is 0 Å². The summed E-state index contributed by atoms with van der Waals surface area (Å²) in [4.78, 5) is 23.0. The molecular formula is C27H26O6. The van der Waals surface area contributed by atoms with Crippen molar-refractivity contribution in [3.8, 4) is 11.5 Å². The van der Waals surface area contributed by atoms with E-state index in [1.165, 1.54) is 18.2 Å². The molecule has 0 saturated heterocycles. The van der Waals surface area contributed by atoms with E-state index in [0.29, 0.717) is 11.3 Å². The smallest absolute Gasteiger partial charge is 0.336 e. The third kappa shape index (κ3) is 5.41. The molecular weight excluding hydrogens is 420 g/mol. The van der Waals surface area contributed by atoms with Crippen molar-refractivity contribution in [2.24, 2.45) is 0 Å². The molecule has 3 rings (SSSR count). The van der Waals surface area contributed by atoms with Gasteiger partial charge in [0.15, 0.2) is 0 Å². The minimum atomic E-state index is -1.18. The van der Waals surface area contributed by atoms with Gasteiger partial charge in [-0.3, -0.25) is 0 Å². The molecule has 0 aliphatic carbocycles. The van der Waals surface area contributed by atoms with Gasteiger partial charge in [0.25, 0.3) is 0 Å². The number of carboxylic acids is 2. The largest absolute Gasteiger partial charge is 0.496 e. The summed E-state index contributed by atoms with van der Waals surface area (Å²) < 4.78 is 11.6. The number of allylic oxidation sites excluding steroid dienone is 1. The van der Waals surface area contributed by atoms with E-state index in [0.717, 1.165) is 33.6 Å². The van der Waals surface area contributed by atoms with Crippen molar-refractivity contribution in [1.29, 1.82) is 0 Å². The molecule has 0 amide bonds. The lowest BCUT2D eigenvalue weighted by Gasteiger charge is -2.17. The number of aryl methyl sites for hydroxylation is 1. The number of ether oxygens (including phenoxy) is 2. The highest BCUT2D eigenvalue weighted by Gasteiger charge is 2.17. The van der Waals surface area contributed by atoms with Gasteiger partial charge in [-0.1, -0.05) is 36.4 Å². The maximum Gasteiger partial charge on any atom is 0.336 e. The summed E-state index contributed by atoms with van der Waals surface area (Å²) in [5, 5.41) is 18.8. The van der Waals surface area contributed by atoms with Crippen molar-refractivity contribution in [3.63, 3.8) is 0 Å². The highest BCUT2D eigenvalue weighted by atomic mass is 16.5. The van der Waals surface area contributed by atoms with Crippen LogP contribution < -0.4 is 9.47 Å². The fourth-order valence-corrected chi connectivity index (χ4v) is 3.63. The molecule has 0 fully saturated rings. The Morgan fingerprint density at radius 3 is 2.24 bits per heavy atom. The molecule has 0 radical (unpaired) electrons. The van der Waals surface area contributed by atoms with Gasteiger partial charge in [-0.15, -0.1) is 0 Å². The third-order valence-corrected chi connectivity index (χ3v) is 5.46. The normalized spacial score (nSPS) is 10.5. The molecule has 0 aromatic heterocycles. The average molecular weight is 446 g/mol. The first-order chi connectivity index (χ1) is 15.7. The van der Waals surface area contributed by atoms with E-state index in [9.17, 15) is 19.8 Å². The van der Waals surface area contributed by atoms with Gasteiger partial charge in [0.2, 0.25) is 0 Å². The maximum atomic E-state index is 11.8. The molecule has 0 saturated carbocycles. The lowest BCUT2D eigenvalue weighted by atomic mass is 9.94. The summed E-state index contributed by atoms with van der Waals surface area (Å²) in [6.07, 6.45) is 0.283. The topological polar surface area (TPSA) is 93.1 Å². The zero-order chi connectivity index (χ0) is 24.1. The SMILES string of the molecule is C=C(C)c1ccc(OCc2c(Cc3ccc(C(=O)O)cc3C(=O)O)cccc2OC)c(C)c1. The lowest BCUT2D eigenvalue weighted by molar-refractivity contribution is 0.0695. The first-order valence-electron chi connectivity index (χ1n) is 10.3. The van der Waals surface area contributed by atoms with Gasteiger partial charge in [0.1, 0.15) is 18.1 Å². The quantitative estimate of drug-likeness (QED) is 0.444. The van der Waals surface area contributed by atoms with Gasteiger partial charge < -0.3 is 19.7 Å². The van der Waals surface area contributed by atoms with E-state index in [4.69, 9.17) is 9.47 Å². The van der Waals surface area contributed by atoms with Crippen LogP contribution in [-0.4, -0.2) is 29.3 Å². The first kappa shape index (κ1) is 23.6. The summed E-state index contributed by atoms with van der Waals surface area (Å²) in [7, 11) is 1.57. The Balaban J connectivity index is 1.94. The fraction of sp³-hybridized carbons (Fsp3) is 0.185. The number of rotatable bonds is 9. The van der Waals surface area contributed by atoms with Gasteiger partial charge in [0.05, 0.1) is 18.2 Å². The van der Waals surface area contributed by atoms with Crippen molar-refractivity contribution in [1.82, 2.24) is 0 Å². The number of carboxylic acid groups (broad SMARTS) is 2.